The van der Waals surface area contributed by atoms with Gasteiger partial charge in [-0.1, -0.05) is 13.8 Å². The normalized spacial score (nSPS) is 16.3. The third-order valence-electron chi connectivity index (χ3n) is 2.59. The van der Waals surface area contributed by atoms with E-state index < -0.39 is 0 Å². The SMILES string of the molecule is CC(C)c1cc(C2=NCCN2N)n(C)n1. The summed E-state index contributed by atoms with van der Waals surface area (Å²) in [6.07, 6.45) is 0. The van der Waals surface area contributed by atoms with E-state index in [1.54, 1.807) is 5.01 Å². The topological polar surface area (TPSA) is 59.4 Å². The summed E-state index contributed by atoms with van der Waals surface area (Å²) in [7, 11) is 1.93. The van der Waals surface area contributed by atoms with Crippen molar-refractivity contribution in [3.63, 3.8) is 0 Å². The Labute approximate surface area is 89.6 Å². The Kier molecular flexibility index (Phi) is 2.48. The molecule has 82 valence electrons. The molecule has 0 saturated carbocycles. The van der Waals surface area contributed by atoms with Gasteiger partial charge in [0.15, 0.2) is 5.84 Å². The maximum Gasteiger partial charge on any atom is 0.163 e. The average Bonchev–Trinajstić information content (AvgIpc) is 2.71. The Morgan fingerprint density at radius 2 is 2.20 bits per heavy atom. The smallest absolute Gasteiger partial charge is 0.163 e. The van der Waals surface area contributed by atoms with E-state index in [1.165, 1.54) is 0 Å². The molecule has 0 spiro atoms. The number of hydrogen-bond donors (Lipinski definition) is 1. The van der Waals surface area contributed by atoms with E-state index >= 15 is 0 Å². The van der Waals surface area contributed by atoms with Gasteiger partial charge >= 0.3 is 0 Å². The van der Waals surface area contributed by atoms with Gasteiger partial charge in [0.1, 0.15) is 5.69 Å². The summed E-state index contributed by atoms with van der Waals surface area (Å²) < 4.78 is 1.85. The largest absolute Gasteiger partial charge is 0.291 e. The Balaban J connectivity index is 2.36. The van der Waals surface area contributed by atoms with Crippen molar-refractivity contribution in [1.29, 1.82) is 0 Å². The Morgan fingerprint density at radius 1 is 1.47 bits per heavy atom. The molecule has 0 fully saturated rings. The van der Waals surface area contributed by atoms with Crippen molar-refractivity contribution in [2.24, 2.45) is 17.9 Å². The van der Waals surface area contributed by atoms with Crippen molar-refractivity contribution in [1.82, 2.24) is 14.8 Å². The lowest BCUT2D eigenvalue weighted by Crippen LogP contribution is -2.36. The van der Waals surface area contributed by atoms with Gasteiger partial charge in [-0.25, -0.2) is 5.84 Å². The van der Waals surface area contributed by atoms with Crippen LogP contribution in [0.1, 0.15) is 31.2 Å². The van der Waals surface area contributed by atoms with Crippen LogP contribution < -0.4 is 5.84 Å². The van der Waals surface area contributed by atoms with Gasteiger partial charge in [-0.2, -0.15) is 5.10 Å². The number of aromatic nitrogens is 2. The zero-order valence-corrected chi connectivity index (χ0v) is 9.44. The monoisotopic (exact) mass is 207 g/mol. The van der Waals surface area contributed by atoms with Crippen LogP contribution in [-0.2, 0) is 7.05 Å². The maximum atomic E-state index is 5.83. The number of nitrogens with zero attached hydrogens (tertiary/aromatic N) is 4. The second-order valence-corrected chi connectivity index (χ2v) is 4.13. The van der Waals surface area contributed by atoms with Crippen LogP contribution in [0.5, 0.6) is 0 Å². The second-order valence-electron chi connectivity index (χ2n) is 4.13. The molecular weight excluding hydrogens is 190 g/mol. The van der Waals surface area contributed by atoms with Crippen molar-refractivity contribution < 1.29 is 0 Å². The summed E-state index contributed by atoms with van der Waals surface area (Å²) in [6.45, 7) is 5.82. The van der Waals surface area contributed by atoms with Gasteiger partial charge in [0.2, 0.25) is 0 Å². The molecule has 0 aliphatic carbocycles. The molecule has 0 saturated heterocycles. The van der Waals surface area contributed by atoms with Crippen molar-refractivity contribution in [3.05, 3.63) is 17.5 Å². The van der Waals surface area contributed by atoms with Gasteiger partial charge in [0, 0.05) is 7.05 Å². The van der Waals surface area contributed by atoms with Crippen LogP contribution in [0, 0.1) is 0 Å². The van der Waals surface area contributed by atoms with E-state index in [2.05, 4.69) is 30.0 Å². The molecular formula is C10H17N5. The van der Waals surface area contributed by atoms with E-state index in [4.69, 9.17) is 5.84 Å². The molecule has 2 rings (SSSR count). The molecule has 0 radical (unpaired) electrons. The summed E-state index contributed by atoms with van der Waals surface area (Å²) in [5.74, 6) is 7.10. The molecule has 2 heterocycles. The van der Waals surface area contributed by atoms with E-state index in [1.807, 2.05) is 11.7 Å². The van der Waals surface area contributed by atoms with Crippen LogP contribution in [0.25, 0.3) is 0 Å². The number of aryl methyl sites for hydroxylation is 1. The zero-order valence-electron chi connectivity index (χ0n) is 9.44. The molecule has 1 aromatic heterocycles. The van der Waals surface area contributed by atoms with Crippen LogP contribution >= 0.6 is 0 Å². The highest BCUT2D eigenvalue weighted by atomic mass is 15.5. The fourth-order valence-corrected chi connectivity index (χ4v) is 1.67. The molecule has 0 unspecified atom stereocenters. The molecule has 5 heteroatoms. The molecule has 15 heavy (non-hydrogen) atoms. The van der Waals surface area contributed by atoms with Gasteiger partial charge in [0.05, 0.1) is 18.8 Å². The van der Waals surface area contributed by atoms with E-state index in [0.29, 0.717) is 5.92 Å². The number of hydrazine groups is 1. The number of hydrogen-bond acceptors (Lipinski definition) is 4. The molecule has 0 atom stereocenters. The summed E-state index contributed by atoms with van der Waals surface area (Å²) in [5.41, 5.74) is 2.08. The third kappa shape index (κ3) is 1.74. The Bertz CT molecular complexity index is 391. The van der Waals surface area contributed by atoms with E-state index in [0.717, 1.165) is 30.3 Å². The first-order valence-corrected chi connectivity index (χ1v) is 5.20. The van der Waals surface area contributed by atoms with E-state index in [-0.39, 0.29) is 0 Å². The lowest BCUT2D eigenvalue weighted by molar-refractivity contribution is 0.481. The number of aliphatic imine (C=N–C) groups is 1. The minimum atomic E-state index is 0.429. The molecule has 0 bridgehead atoms. The lowest BCUT2D eigenvalue weighted by atomic mass is 10.1. The Morgan fingerprint density at radius 3 is 2.67 bits per heavy atom. The standard InChI is InChI=1S/C10H17N5/c1-7(2)8-6-9(14(3)13-8)10-12-4-5-15(10)11/h6-7H,4-5,11H2,1-3H3. The highest BCUT2D eigenvalue weighted by Crippen LogP contribution is 2.16. The highest BCUT2D eigenvalue weighted by molar-refractivity contribution is 5.98. The van der Waals surface area contributed by atoms with Crippen LogP contribution in [0.15, 0.2) is 11.1 Å². The van der Waals surface area contributed by atoms with Crippen LogP contribution in [-0.4, -0.2) is 33.7 Å². The molecule has 1 aliphatic heterocycles. The van der Waals surface area contributed by atoms with Gasteiger partial charge in [-0.3, -0.25) is 14.7 Å². The predicted octanol–water partition coefficient (Wildman–Crippen LogP) is 0.479. The molecule has 0 aromatic carbocycles. The predicted molar refractivity (Wildman–Crippen MR) is 59.6 cm³/mol. The molecule has 1 aliphatic rings. The lowest BCUT2D eigenvalue weighted by Gasteiger charge is -2.12. The highest BCUT2D eigenvalue weighted by Gasteiger charge is 2.20. The van der Waals surface area contributed by atoms with E-state index in [9.17, 15) is 0 Å². The minimum absolute atomic E-state index is 0.429. The molecule has 0 amide bonds. The first-order chi connectivity index (χ1) is 7.09. The minimum Gasteiger partial charge on any atom is -0.291 e. The van der Waals surface area contributed by atoms with Gasteiger partial charge in [0.25, 0.3) is 0 Å². The average molecular weight is 207 g/mol. The van der Waals surface area contributed by atoms with Crippen molar-refractivity contribution in [3.8, 4) is 0 Å². The first-order valence-electron chi connectivity index (χ1n) is 5.20. The number of amidine groups is 1. The summed E-state index contributed by atoms with van der Waals surface area (Å²) >= 11 is 0. The fraction of sp³-hybridized carbons (Fsp3) is 0.600. The Hall–Kier alpha value is -1.36. The second kappa shape index (κ2) is 3.66. The summed E-state index contributed by atoms with van der Waals surface area (Å²) in [5, 5.41) is 6.12. The van der Waals surface area contributed by atoms with Crippen LogP contribution in [0.2, 0.25) is 0 Å². The maximum absolute atomic E-state index is 5.83. The van der Waals surface area contributed by atoms with Gasteiger partial charge in [-0.15, -0.1) is 0 Å². The molecule has 2 N–H and O–H groups in total. The summed E-state index contributed by atoms with van der Waals surface area (Å²) in [4.78, 5) is 4.38. The first kappa shape index (κ1) is 10.2. The van der Waals surface area contributed by atoms with Crippen molar-refractivity contribution >= 4 is 5.84 Å². The quantitative estimate of drug-likeness (QED) is 0.717. The van der Waals surface area contributed by atoms with Crippen LogP contribution in [0.3, 0.4) is 0 Å². The molecule has 1 aromatic rings. The zero-order chi connectivity index (χ0) is 11.0. The van der Waals surface area contributed by atoms with Crippen LogP contribution in [0.4, 0.5) is 0 Å². The number of rotatable bonds is 2. The molecule has 5 nitrogen and oxygen atoms in total. The van der Waals surface area contributed by atoms with Gasteiger partial charge in [-0.05, 0) is 12.0 Å². The third-order valence-corrected chi connectivity index (χ3v) is 2.59. The van der Waals surface area contributed by atoms with Crippen molar-refractivity contribution in [2.75, 3.05) is 13.1 Å². The summed E-state index contributed by atoms with van der Waals surface area (Å²) in [6, 6.07) is 2.06. The van der Waals surface area contributed by atoms with Crippen molar-refractivity contribution in [2.45, 2.75) is 19.8 Å². The fourth-order valence-electron chi connectivity index (χ4n) is 1.67. The van der Waals surface area contributed by atoms with Gasteiger partial charge < -0.3 is 0 Å². The number of nitrogens with two attached hydrogens (primary N) is 1.